The number of para-hydroxylation sites is 1. The molecule has 0 radical (unpaired) electrons. The second kappa shape index (κ2) is 9.70. The number of carbonyl (C=O) groups excluding carboxylic acids is 1. The lowest BCUT2D eigenvalue weighted by Crippen LogP contribution is -2.56. The highest BCUT2D eigenvalue weighted by Crippen LogP contribution is 2.49. The van der Waals surface area contributed by atoms with Crippen LogP contribution in [0.5, 0.6) is 0 Å². The zero-order chi connectivity index (χ0) is 23.8. The number of piperidine rings is 1. The first-order valence-corrected chi connectivity index (χ1v) is 12.4. The van der Waals surface area contributed by atoms with E-state index in [1.165, 1.54) is 23.8 Å². The van der Waals surface area contributed by atoms with Gasteiger partial charge >= 0.3 is 5.97 Å². The number of fused-ring (bicyclic) bond motifs is 5. The van der Waals surface area contributed by atoms with Gasteiger partial charge in [-0.3, -0.25) is 9.69 Å². The van der Waals surface area contributed by atoms with E-state index >= 15 is 0 Å². The lowest BCUT2D eigenvalue weighted by atomic mass is 9.79. The number of nitrogens with one attached hydrogen (secondary N) is 2. The van der Waals surface area contributed by atoms with Crippen LogP contribution in [0.15, 0.2) is 48.5 Å². The molecule has 0 spiro atoms. The molecule has 3 aromatic rings. The number of hydrogen-bond acceptors (Lipinski definition) is 5. The van der Waals surface area contributed by atoms with Crippen LogP contribution in [0.25, 0.3) is 10.9 Å². The maximum absolute atomic E-state index is 13.1. The first-order chi connectivity index (χ1) is 16.5. The number of aromatic nitrogens is 1. The lowest BCUT2D eigenvalue weighted by molar-refractivity contribution is -0.152. The molecule has 34 heavy (non-hydrogen) atoms. The predicted molar refractivity (Wildman–Crippen MR) is 136 cm³/mol. The number of likely N-dealkylation sites (N-methyl/N-ethyl adjacent to an activating group) is 1. The molecule has 5 rings (SSSR count). The van der Waals surface area contributed by atoms with Crippen LogP contribution >= 0.6 is 11.6 Å². The molecule has 180 valence electrons. The van der Waals surface area contributed by atoms with Gasteiger partial charge in [0.15, 0.2) is 0 Å². The predicted octanol–water partition coefficient (Wildman–Crippen LogP) is 4.32. The minimum Gasteiger partial charge on any atom is -0.468 e. The molecule has 0 amide bonds. The van der Waals surface area contributed by atoms with Gasteiger partial charge in [0, 0.05) is 53.2 Å². The Bertz CT molecular complexity index is 1180. The second-order valence-corrected chi connectivity index (χ2v) is 10.2. The molecule has 0 bridgehead atoms. The Balaban J connectivity index is 1.60. The van der Waals surface area contributed by atoms with Crippen molar-refractivity contribution in [2.45, 2.75) is 43.4 Å². The van der Waals surface area contributed by atoms with Gasteiger partial charge in [-0.2, -0.15) is 0 Å². The van der Waals surface area contributed by atoms with Gasteiger partial charge in [0.2, 0.25) is 0 Å². The summed E-state index contributed by atoms with van der Waals surface area (Å²) in [7, 11) is 5.68. The fourth-order valence-corrected chi connectivity index (χ4v) is 6.04. The van der Waals surface area contributed by atoms with Gasteiger partial charge in [0.05, 0.1) is 13.2 Å². The lowest BCUT2D eigenvalue weighted by Gasteiger charge is -2.50. The number of nitrogens with zero attached hydrogens (tertiary/aromatic N) is 2. The van der Waals surface area contributed by atoms with Crippen LogP contribution in [0.3, 0.4) is 0 Å². The fourth-order valence-electron chi connectivity index (χ4n) is 5.84. The van der Waals surface area contributed by atoms with Crippen LogP contribution in [-0.2, 0) is 16.0 Å². The molecule has 2 N–H and O–H groups in total. The summed E-state index contributed by atoms with van der Waals surface area (Å²) in [6, 6.07) is 16.6. The molecule has 7 heteroatoms. The minimum atomic E-state index is -0.339. The Morgan fingerprint density at radius 1 is 1.18 bits per heavy atom. The number of rotatable bonds is 6. The number of carbonyl (C=O) groups is 1. The van der Waals surface area contributed by atoms with E-state index in [0.29, 0.717) is 12.5 Å². The van der Waals surface area contributed by atoms with Crippen LogP contribution in [0.2, 0.25) is 5.02 Å². The summed E-state index contributed by atoms with van der Waals surface area (Å²) in [5, 5.41) is 5.71. The van der Waals surface area contributed by atoms with E-state index in [-0.39, 0.29) is 24.1 Å². The van der Waals surface area contributed by atoms with Crippen molar-refractivity contribution in [3.63, 3.8) is 0 Å². The molecule has 2 aliphatic rings. The Morgan fingerprint density at radius 3 is 2.74 bits per heavy atom. The van der Waals surface area contributed by atoms with Crippen LogP contribution in [0, 0.1) is 0 Å². The van der Waals surface area contributed by atoms with E-state index in [9.17, 15) is 4.79 Å². The highest BCUT2D eigenvalue weighted by Gasteiger charge is 2.48. The summed E-state index contributed by atoms with van der Waals surface area (Å²) in [6.07, 6.45) is 2.48. The Kier molecular flexibility index (Phi) is 6.67. The van der Waals surface area contributed by atoms with Crippen molar-refractivity contribution in [2.75, 3.05) is 34.3 Å². The summed E-state index contributed by atoms with van der Waals surface area (Å²) < 4.78 is 5.33. The molecule has 0 unspecified atom stereocenters. The van der Waals surface area contributed by atoms with E-state index in [1.54, 1.807) is 0 Å². The number of methoxy groups -OCH3 is 1. The third-order valence-corrected chi connectivity index (χ3v) is 7.61. The van der Waals surface area contributed by atoms with Crippen LogP contribution in [0.4, 0.5) is 0 Å². The molecular weight excluding hydrogens is 448 g/mol. The molecule has 2 aromatic carbocycles. The molecule has 0 saturated carbocycles. The van der Waals surface area contributed by atoms with E-state index < -0.39 is 0 Å². The number of hydrogen-bond donors (Lipinski definition) is 2. The van der Waals surface area contributed by atoms with Crippen molar-refractivity contribution >= 4 is 28.5 Å². The van der Waals surface area contributed by atoms with Crippen molar-refractivity contribution in [3.8, 4) is 0 Å². The van der Waals surface area contributed by atoms with Gasteiger partial charge < -0.3 is 19.9 Å². The molecular formula is C27H33ClN4O2. The Morgan fingerprint density at radius 2 is 1.97 bits per heavy atom. The van der Waals surface area contributed by atoms with Gasteiger partial charge in [0.25, 0.3) is 0 Å². The van der Waals surface area contributed by atoms with E-state index in [0.717, 1.165) is 42.0 Å². The third-order valence-electron chi connectivity index (χ3n) is 7.37. The average molecular weight is 481 g/mol. The average Bonchev–Trinajstić information content (AvgIpc) is 3.21. The standard InChI is InChI=1S/C27H33ClN4O2/c1-31(2)12-11-29-19-14-23(17-7-6-8-18(28)13-17)32-24(15-19)26-21(16-25(32)27(33)34-3)20-9-4-5-10-22(20)30-26/h4-10,13,19,23-25,29-30H,11-12,14-16H2,1-3H3/t19-,23+,24-,25+/m1/s1. The third kappa shape index (κ3) is 4.36. The van der Waals surface area contributed by atoms with Crippen molar-refractivity contribution in [3.05, 3.63) is 70.4 Å². The maximum atomic E-state index is 13.1. The second-order valence-electron chi connectivity index (χ2n) is 9.77. The van der Waals surface area contributed by atoms with E-state index in [2.05, 4.69) is 64.5 Å². The largest absolute Gasteiger partial charge is 0.468 e. The summed E-state index contributed by atoms with van der Waals surface area (Å²) >= 11 is 6.42. The number of halogens is 1. The normalized spacial score (nSPS) is 24.7. The quantitative estimate of drug-likeness (QED) is 0.514. The van der Waals surface area contributed by atoms with Gasteiger partial charge in [-0.05, 0) is 56.3 Å². The van der Waals surface area contributed by atoms with E-state index in [4.69, 9.17) is 16.3 Å². The van der Waals surface area contributed by atoms with Gasteiger partial charge in [-0.15, -0.1) is 0 Å². The SMILES string of the molecule is COC(=O)[C@@H]1Cc2c([nH]c3ccccc23)[C@H]2C[C@H](NCCN(C)C)C[C@@H](c3cccc(Cl)c3)N21. The summed E-state index contributed by atoms with van der Waals surface area (Å²) in [6.45, 7) is 1.90. The summed E-state index contributed by atoms with van der Waals surface area (Å²) in [4.78, 5) is 21.4. The first-order valence-electron chi connectivity index (χ1n) is 12.0. The molecule has 6 nitrogen and oxygen atoms in total. The first kappa shape index (κ1) is 23.4. The highest BCUT2D eigenvalue weighted by molar-refractivity contribution is 6.30. The van der Waals surface area contributed by atoms with Crippen molar-refractivity contribution in [1.82, 2.24) is 20.1 Å². The zero-order valence-electron chi connectivity index (χ0n) is 20.1. The summed E-state index contributed by atoms with van der Waals surface area (Å²) in [5.41, 5.74) is 4.74. The monoisotopic (exact) mass is 480 g/mol. The highest BCUT2D eigenvalue weighted by atomic mass is 35.5. The molecule has 1 fully saturated rings. The molecule has 3 heterocycles. The minimum absolute atomic E-state index is 0.0537. The molecule has 2 aliphatic heterocycles. The van der Waals surface area contributed by atoms with Crippen molar-refractivity contribution in [1.29, 1.82) is 0 Å². The van der Waals surface area contributed by atoms with Gasteiger partial charge in [-0.1, -0.05) is 41.9 Å². The van der Waals surface area contributed by atoms with Crippen molar-refractivity contribution < 1.29 is 9.53 Å². The van der Waals surface area contributed by atoms with Crippen LogP contribution in [-0.4, -0.2) is 67.1 Å². The molecule has 1 saturated heterocycles. The Hall–Kier alpha value is -2.38. The Labute approximate surface area is 206 Å². The van der Waals surface area contributed by atoms with Crippen LogP contribution < -0.4 is 5.32 Å². The van der Waals surface area contributed by atoms with Crippen LogP contribution in [0.1, 0.15) is 41.7 Å². The number of aromatic amines is 1. The van der Waals surface area contributed by atoms with Crippen molar-refractivity contribution in [2.24, 2.45) is 0 Å². The van der Waals surface area contributed by atoms with E-state index in [1.807, 2.05) is 18.2 Å². The molecule has 0 aliphatic carbocycles. The number of H-pyrrole nitrogens is 1. The molecule has 1 aromatic heterocycles. The van der Waals surface area contributed by atoms with Gasteiger partial charge in [-0.25, -0.2) is 0 Å². The zero-order valence-corrected chi connectivity index (χ0v) is 20.8. The topological polar surface area (TPSA) is 60.6 Å². The maximum Gasteiger partial charge on any atom is 0.323 e. The van der Waals surface area contributed by atoms with Gasteiger partial charge in [0.1, 0.15) is 6.04 Å². The smallest absolute Gasteiger partial charge is 0.323 e. The number of esters is 1. The number of benzene rings is 2. The number of ether oxygens (including phenoxy) is 1. The molecule has 4 atom stereocenters. The summed E-state index contributed by atoms with van der Waals surface area (Å²) in [5.74, 6) is -0.174. The fraction of sp³-hybridized carbons (Fsp3) is 0.444.